The summed E-state index contributed by atoms with van der Waals surface area (Å²) in [5.41, 5.74) is 4.78. The van der Waals surface area contributed by atoms with Crippen LogP contribution in [0.25, 0.3) is 10.9 Å². The largest absolute Gasteiger partial charge is 0.383 e. The van der Waals surface area contributed by atoms with Crippen LogP contribution >= 0.6 is 11.6 Å². The standard InChI is InChI=1S/C17H17ClN2/c1-2-3-10-19-17-13-6-4-5-7-15(13)20-16-9-8-12(18)11-14(16)17/h1,8-9,11H,3-7,10H2,(H,19,20). The summed E-state index contributed by atoms with van der Waals surface area (Å²) >= 11 is 6.15. The van der Waals surface area contributed by atoms with Gasteiger partial charge in [-0.2, -0.15) is 0 Å². The molecule has 0 saturated heterocycles. The van der Waals surface area contributed by atoms with E-state index >= 15 is 0 Å². The van der Waals surface area contributed by atoms with E-state index in [-0.39, 0.29) is 0 Å². The summed E-state index contributed by atoms with van der Waals surface area (Å²) in [5.74, 6) is 2.67. The molecule has 1 aromatic heterocycles. The lowest BCUT2D eigenvalue weighted by molar-refractivity contribution is 0.672. The second-order valence-electron chi connectivity index (χ2n) is 5.16. The number of aryl methyl sites for hydroxylation is 1. The third-order valence-electron chi connectivity index (χ3n) is 3.79. The van der Waals surface area contributed by atoms with Gasteiger partial charge >= 0.3 is 0 Å². The van der Waals surface area contributed by atoms with E-state index in [2.05, 4.69) is 11.2 Å². The number of halogens is 1. The molecular formula is C17H17ClN2. The number of terminal acetylenes is 1. The lowest BCUT2D eigenvalue weighted by Crippen LogP contribution is -2.12. The Bertz CT molecular complexity index is 685. The Labute approximate surface area is 124 Å². The second-order valence-corrected chi connectivity index (χ2v) is 5.60. The number of rotatable bonds is 3. The fourth-order valence-corrected chi connectivity index (χ4v) is 3.03. The number of hydrogen-bond donors (Lipinski definition) is 1. The predicted octanol–water partition coefficient (Wildman–Crippen LogP) is 4.20. The molecule has 0 fully saturated rings. The highest BCUT2D eigenvalue weighted by atomic mass is 35.5. The molecule has 0 amide bonds. The van der Waals surface area contributed by atoms with Crippen molar-refractivity contribution in [2.24, 2.45) is 0 Å². The van der Waals surface area contributed by atoms with E-state index in [9.17, 15) is 0 Å². The van der Waals surface area contributed by atoms with Crippen LogP contribution in [0.5, 0.6) is 0 Å². The highest BCUT2D eigenvalue weighted by Gasteiger charge is 2.18. The molecule has 2 aromatic rings. The summed E-state index contributed by atoms with van der Waals surface area (Å²) in [6.45, 7) is 0.786. The molecule has 102 valence electrons. The Balaban J connectivity index is 2.14. The van der Waals surface area contributed by atoms with Crippen LogP contribution in [0.15, 0.2) is 18.2 Å². The Kier molecular flexibility index (Phi) is 3.80. The van der Waals surface area contributed by atoms with Crippen molar-refractivity contribution in [3.63, 3.8) is 0 Å². The molecule has 3 heteroatoms. The van der Waals surface area contributed by atoms with Gasteiger partial charge in [0.1, 0.15) is 0 Å². The highest BCUT2D eigenvalue weighted by Crippen LogP contribution is 2.34. The molecule has 1 aliphatic carbocycles. The van der Waals surface area contributed by atoms with Gasteiger partial charge < -0.3 is 5.32 Å². The molecule has 1 aliphatic rings. The second kappa shape index (κ2) is 5.73. The number of benzene rings is 1. The van der Waals surface area contributed by atoms with E-state index in [1.807, 2.05) is 18.2 Å². The first-order chi connectivity index (χ1) is 9.79. The van der Waals surface area contributed by atoms with Crippen molar-refractivity contribution >= 4 is 28.2 Å². The van der Waals surface area contributed by atoms with E-state index in [0.29, 0.717) is 0 Å². The third kappa shape index (κ3) is 2.46. The van der Waals surface area contributed by atoms with Gasteiger partial charge in [0.25, 0.3) is 0 Å². The number of aromatic nitrogens is 1. The quantitative estimate of drug-likeness (QED) is 0.675. The predicted molar refractivity (Wildman–Crippen MR) is 85.3 cm³/mol. The molecule has 0 saturated carbocycles. The number of anilines is 1. The smallest absolute Gasteiger partial charge is 0.0727 e. The van der Waals surface area contributed by atoms with Gasteiger partial charge in [0.05, 0.1) is 5.52 Å². The molecular weight excluding hydrogens is 268 g/mol. The summed E-state index contributed by atoms with van der Waals surface area (Å²) in [6.07, 6.45) is 10.7. The lowest BCUT2D eigenvalue weighted by atomic mass is 9.92. The average Bonchev–Trinajstić information content (AvgIpc) is 2.47. The third-order valence-corrected chi connectivity index (χ3v) is 4.03. The van der Waals surface area contributed by atoms with Gasteiger partial charge in [0.15, 0.2) is 0 Å². The van der Waals surface area contributed by atoms with Gasteiger partial charge in [-0.25, -0.2) is 0 Å². The van der Waals surface area contributed by atoms with Crippen molar-refractivity contribution in [3.05, 3.63) is 34.5 Å². The molecule has 1 N–H and O–H groups in total. The van der Waals surface area contributed by atoms with Crippen LogP contribution in [0, 0.1) is 12.3 Å². The number of nitrogens with zero attached hydrogens (tertiary/aromatic N) is 1. The zero-order chi connectivity index (χ0) is 13.9. The molecule has 20 heavy (non-hydrogen) atoms. The zero-order valence-electron chi connectivity index (χ0n) is 11.4. The van der Waals surface area contributed by atoms with Crippen molar-refractivity contribution in [1.29, 1.82) is 0 Å². The first-order valence-electron chi connectivity index (χ1n) is 7.08. The minimum atomic E-state index is 0.721. The Morgan fingerprint density at radius 2 is 2.15 bits per heavy atom. The molecule has 0 bridgehead atoms. The zero-order valence-corrected chi connectivity index (χ0v) is 12.1. The normalized spacial score (nSPS) is 13.8. The van der Waals surface area contributed by atoms with Crippen LogP contribution in [0.2, 0.25) is 5.02 Å². The Hall–Kier alpha value is -1.72. The van der Waals surface area contributed by atoms with E-state index in [0.717, 1.165) is 41.7 Å². The average molecular weight is 285 g/mol. The van der Waals surface area contributed by atoms with E-state index < -0.39 is 0 Å². The van der Waals surface area contributed by atoms with Gasteiger partial charge in [-0.05, 0) is 49.4 Å². The first-order valence-corrected chi connectivity index (χ1v) is 7.46. The number of pyridine rings is 1. The summed E-state index contributed by atoms with van der Waals surface area (Å²) in [7, 11) is 0. The van der Waals surface area contributed by atoms with Crippen molar-refractivity contribution < 1.29 is 0 Å². The minimum Gasteiger partial charge on any atom is -0.383 e. The molecule has 1 heterocycles. The molecule has 0 aliphatic heterocycles. The van der Waals surface area contributed by atoms with Crippen LogP contribution in [-0.4, -0.2) is 11.5 Å². The summed E-state index contributed by atoms with van der Waals surface area (Å²) in [5, 5.41) is 5.35. The molecule has 3 rings (SSSR count). The topological polar surface area (TPSA) is 24.9 Å². The maximum absolute atomic E-state index is 6.15. The Morgan fingerprint density at radius 1 is 1.30 bits per heavy atom. The van der Waals surface area contributed by atoms with Gasteiger partial charge in [-0.15, -0.1) is 12.3 Å². The fraction of sp³-hybridized carbons (Fsp3) is 0.353. The molecule has 0 radical (unpaired) electrons. The fourth-order valence-electron chi connectivity index (χ4n) is 2.86. The SMILES string of the molecule is C#CCCNc1c2c(nc3ccc(Cl)cc13)CCCC2. The number of hydrogen-bond acceptors (Lipinski definition) is 2. The summed E-state index contributed by atoms with van der Waals surface area (Å²) in [6, 6.07) is 5.90. The van der Waals surface area contributed by atoms with Gasteiger partial charge in [-0.3, -0.25) is 4.98 Å². The van der Waals surface area contributed by atoms with E-state index in [4.69, 9.17) is 23.0 Å². The first kappa shape index (κ1) is 13.3. The molecule has 0 unspecified atom stereocenters. The van der Waals surface area contributed by atoms with Crippen LogP contribution in [0.4, 0.5) is 5.69 Å². The van der Waals surface area contributed by atoms with Gasteiger partial charge in [0.2, 0.25) is 0 Å². The van der Waals surface area contributed by atoms with Crippen molar-refractivity contribution in [3.8, 4) is 12.3 Å². The maximum atomic E-state index is 6.15. The lowest BCUT2D eigenvalue weighted by Gasteiger charge is -2.21. The van der Waals surface area contributed by atoms with E-state index in [1.54, 1.807) is 0 Å². The van der Waals surface area contributed by atoms with Crippen LogP contribution in [-0.2, 0) is 12.8 Å². The van der Waals surface area contributed by atoms with Gasteiger partial charge in [-0.1, -0.05) is 11.6 Å². The van der Waals surface area contributed by atoms with Crippen LogP contribution in [0.3, 0.4) is 0 Å². The minimum absolute atomic E-state index is 0.721. The van der Waals surface area contributed by atoms with Crippen LogP contribution < -0.4 is 5.32 Å². The highest BCUT2D eigenvalue weighted by molar-refractivity contribution is 6.31. The molecule has 0 spiro atoms. The summed E-state index contributed by atoms with van der Waals surface area (Å²) in [4.78, 5) is 4.81. The van der Waals surface area contributed by atoms with Crippen LogP contribution in [0.1, 0.15) is 30.5 Å². The molecule has 2 nitrogen and oxygen atoms in total. The van der Waals surface area contributed by atoms with Gasteiger partial charge in [0, 0.05) is 34.8 Å². The number of fused-ring (bicyclic) bond motifs is 2. The monoisotopic (exact) mass is 284 g/mol. The Morgan fingerprint density at radius 3 is 3.00 bits per heavy atom. The van der Waals surface area contributed by atoms with Crippen molar-refractivity contribution in [1.82, 2.24) is 4.98 Å². The summed E-state index contributed by atoms with van der Waals surface area (Å²) < 4.78 is 0. The van der Waals surface area contributed by atoms with Crippen molar-refractivity contribution in [2.45, 2.75) is 32.1 Å². The molecule has 1 aromatic carbocycles. The van der Waals surface area contributed by atoms with Crippen molar-refractivity contribution in [2.75, 3.05) is 11.9 Å². The molecule has 0 atom stereocenters. The van der Waals surface area contributed by atoms with E-state index in [1.165, 1.54) is 29.8 Å². The number of nitrogens with one attached hydrogen (secondary N) is 1. The maximum Gasteiger partial charge on any atom is 0.0727 e.